The summed E-state index contributed by atoms with van der Waals surface area (Å²) in [4.78, 5) is 26.3. The summed E-state index contributed by atoms with van der Waals surface area (Å²) < 4.78 is 15.4. The molecule has 0 aliphatic carbocycles. The molecule has 1 aliphatic heterocycles. The third-order valence-corrected chi connectivity index (χ3v) is 5.37. The number of hydrogen-bond donors (Lipinski definition) is 1. The summed E-state index contributed by atoms with van der Waals surface area (Å²) in [5.41, 5.74) is 4.31. The second-order valence-electron chi connectivity index (χ2n) is 7.13. The molecule has 7 heteroatoms. The summed E-state index contributed by atoms with van der Waals surface area (Å²) in [6.45, 7) is 4.00. The molecule has 0 bridgehead atoms. The molecule has 0 spiro atoms. The highest BCUT2D eigenvalue weighted by atomic mass is 35.5. The predicted octanol–water partition coefficient (Wildman–Crippen LogP) is 4.98. The number of nitrogens with zero attached hydrogens (tertiary/aromatic N) is 2. The van der Waals surface area contributed by atoms with E-state index in [9.17, 15) is 14.0 Å². The van der Waals surface area contributed by atoms with E-state index in [1.54, 1.807) is 18.2 Å². The van der Waals surface area contributed by atoms with Gasteiger partial charge >= 0.3 is 6.03 Å². The number of aromatic nitrogens is 1. The van der Waals surface area contributed by atoms with Gasteiger partial charge < -0.3 is 9.88 Å². The molecular formula is C23H19ClFN3O2. The summed E-state index contributed by atoms with van der Waals surface area (Å²) in [5.74, 6) is -0.860. The number of carbonyl (C=O) groups is 2. The molecule has 5 nitrogen and oxygen atoms in total. The SMILES string of the molecule is Cc1cc(/C=C2\NC(=O)N(Cc3ccccc3)C2=O)c(C)n1-c1ccc(F)c(Cl)c1. The first kappa shape index (κ1) is 19.9. The Balaban J connectivity index is 1.64. The van der Waals surface area contributed by atoms with E-state index in [1.807, 2.05) is 54.8 Å². The fourth-order valence-electron chi connectivity index (χ4n) is 3.59. The summed E-state index contributed by atoms with van der Waals surface area (Å²) in [5, 5.41) is 2.69. The molecule has 30 heavy (non-hydrogen) atoms. The van der Waals surface area contributed by atoms with Crippen molar-refractivity contribution < 1.29 is 14.0 Å². The quantitative estimate of drug-likeness (QED) is 0.475. The summed E-state index contributed by atoms with van der Waals surface area (Å²) in [6, 6.07) is 15.3. The van der Waals surface area contributed by atoms with Gasteiger partial charge in [0.2, 0.25) is 0 Å². The molecule has 0 unspecified atom stereocenters. The molecule has 1 N–H and O–H groups in total. The lowest BCUT2D eigenvalue weighted by atomic mass is 10.2. The van der Waals surface area contributed by atoms with Crippen molar-refractivity contribution >= 4 is 29.6 Å². The average Bonchev–Trinajstić information content (AvgIpc) is 3.15. The number of urea groups is 1. The van der Waals surface area contributed by atoms with E-state index in [4.69, 9.17) is 11.6 Å². The number of imide groups is 1. The van der Waals surface area contributed by atoms with Crippen LogP contribution in [0.5, 0.6) is 0 Å². The second-order valence-corrected chi connectivity index (χ2v) is 7.53. The van der Waals surface area contributed by atoms with Crippen LogP contribution in [0.25, 0.3) is 11.8 Å². The largest absolute Gasteiger partial charge is 0.329 e. The van der Waals surface area contributed by atoms with Crippen molar-refractivity contribution in [2.75, 3.05) is 0 Å². The van der Waals surface area contributed by atoms with E-state index < -0.39 is 11.8 Å². The number of amides is 3. The fourth-order valence-corrected chi connectivity index (χ4v) is 3.77. The molecule has 0 radical (unpaired) electrons. The molecule has 1 fully saturated rings. The first-order chi connectivity index (χ1) is 14.3. The van der Waals surface area contributed by atoms with Gasteiger partial charge in [0.25, 0.3) is 5.91 Å². The second kappa shape index (κ2) is 7.80. The van der Waals surface area contributed by atoms with E-state index in [2.05, 4.69) is 5.32 Å². The van der Waals surface area contributed by atoms with Gasteiger partial charge in [-0.1, -0.05) is 41.9 Å². The van der Waals surface area contributed by atoms with Crippen LogP contribution in [0, 0.1) is 19.7 Å². The Bertz CT molecular complexity index is 1180. The Morgan fingerprint density at radius 3 is 2.50 bits per heavy atom. The Morgan fingerprint density at radius 2 is 1.80 bits per heavy atom. The van der Waals surface area contributed by atoms with Gasteiger partial charge in [-0.2, -0.15) is 0 Å². The van der Waals surface area contributed by atoms with E-state index >= 15 is 0 Å². The molecular weight excluding hydrogens is 405 g/mol. The molecule has 0 atom stereocenters. The van der Waals surface area contributed by atoms with Crippen molar-refractivity contribution in [1.29, 1.82) is 0 Å². The topological polar surface area (TPSA) is 54.3 Å². The first-order valence-electron chi connectivity index (χ1n) is 9.38. The van der Waals surface area contributed by atoms with Gasteiger partial charge in [0, 0.05) is 17.1 Å². The lowest BCUT2D eigenvalue weighted by molar-refractivity contribution is -0.123. The summed E-state index contributed by atoms with van der Waals surface area (Å²) in [6.07, 6.45) is 1.66. The van der Waals surface area contributed by atoms with Gasteiger partial charge in [-0.05, 0) is 55.3 Å². The fraction of sp³-hybridized carbons (Fsp3) is 0.130. The number of aryl methyl sites for hydroxylation is 1. The van der Waals surface area contributed by atoms with Crippen LogP contribution in [0.15, 0.2) is 60.3 Å². The molecule has 1 aromatic heterocycles. The monoisotopic (exact) mass is 423 g/mol. The Labute approximate surface area is 178 Å². The van der Waals surface area contributed by atoms with Crippen molar-refractivity contribution in [3.05, 3.63) is 93.6 Å². The van der Waals surface area contributed by atoms with Crippen LogP contribution in [0.3, 0.4) is 0 Å². The average molecular weight is 424 g/mol. The summed E-state index contributed by atoms with van der Waals surface area (Å²) in [7, 11) is 0. The van der Waals surface area contributed by atoms with Gasteiger partial charge in [0.05, 0.1) is 11.6 Å². The molecule has 1 aliphatic rings. The molecule has 3 aromatic rings. The minimum absolute atomic E-state index is 0.0368. The van der Waals surface area contributed by atoms with Gasteiger partial charge in [-0.15, -0.1) is 0 Å². The van der Waals surface area contributed by atoms with E-state index in [0.29, 0.717) is 5.69 Å². The maximum Gasteiger partial charge on any atom is 0.329 e. The minimum Gasteiger partial charge on any atom is -0.318 e. The van der Waals surface area contributed by atoms with E-state index in [0.717, 1.165) is 22.5 Å². The molecule has 2 heterocycles. The lowest BCUT2D eigenvalue weighted by Gasteiger charge is -2.11. The standard InChI is InChI=1S/C23H19ClFN3O2/c1-14-10-17(15(2)28(14)18-8-9-20(25)19(24)12-18)11-21-22(29)27(23(30)26-21)13-16-6-4-3-5-7-16/h3-12H,13H2,1-2H3,(H,26,30)/b21-11-. The number of benzene rings is 2. The van der Waals surface area contributed by atoms with E-state index in [-0.39, 0.29) is 23.2 Å². The van der Waals surface area contributed by atoms with Crippen LogP contribution < -0.4 is 5.32 Å². The zero-order valence-corrected chi connectivity index (χ0v) is 17.2. The molecule has 152 valence electrons. The van der Waals surface area contributed by atoms with Crippen LogP contribution in [0.1, 0.15) is 22.5 Å². The van der Waals surface area contributed by atoms with Gasteiger partial charge in [0.15, 0.2) is 0 Å². The molecule has 0 saturated carbocycles. The Hall–Kier alpha value is -3.38. The van der Waals surface area contributed by atoms with Crippen molar-refractivity contribution in [2.24, 2.45) is 0 Å². The predicted molar refractivity (Wildman–Crippen MR) is 114 cm³/mol. The van der Waals surface area contributed by atoms with Crippen LogP contribution in [-0.4, -0.2) is 21.4 Å². The van der Waals surface area contributed by atoms with Crippen molar-refractivity contribution in [3.8, 4) is 5.69 Å². The highest BCUT2D eigenvalue weighted by Crippen LogP contribution is 2.26. The molecule has 2 aromatic carbocycles. The van der Waals surface area contributed by atoms with Gasteiger partial charge in [-0.25, -0.2) is 9.18 Å². The number of carbonyl (C=O) groups excluding carboxylic acids is 2. The van der Waals surface area contributed by atoms with Gasteiger partial charge in [-0.3, -0.25) is 9.69 Å². The van der Waals surface area contributed by atoms with Crippen molar-refractivity contribution in [1.82, 2.24) is 14.8 Å². The minimum atomic E-state index is -0.483. The molecule has 4 rings (SSSR count). The third kappa shape index (κ3) is 3.62. The van der Waals surface area contributed by atoms with Crippen molar-refractivity contribution in [2.45, 2.75) is 20.4 Å². The van der Waals surface area contributed by atoms with Crippen LogP contribution >= 0.6 is 11.6 Å². The van der Waals surface area contributed by atoms with Gasteiger partial charge in [0.1, 0.15) is 11.5 Å². The summed E-state index contributed by atoms with van der Waals surface area (Å²) >= 11 is 5.93. The highest BCUT2D eigenvalue weighted by molar-refractivity contribution is 6.30. The Morgan fingerprint density at radius 1 is 1.07 bits per heavy atom. The highest BCUT2D eigenvalue weighted by Gasteiger charge is 2.33. The number of halogens is 2. The first-order valence-corrected chi connectivity index (χ1v) is 9.76. The lowest BCUT2D eigenvalue weighted by Crippen LogP contribution is -2.30. The number of nitrogens with one attached hydrogen (secondary N) is 1. The number of hydrogen-bond acceptors (Lipinski definition) is 2. The Kier molecular flexibility index (Phi) is 5.18. The van der Waals surface area contributed by atoms with Crippen LogP contribution in [0.4, 0.5) is 9.18 Å². The van der Waals surface area contributed by atoms with E-state index in [1.165, 1.54) is 11.0 Å². The molecule has 1 saturated heterocycles. The number of rotatable bonds is 4. The van der Waals surface area contributed by atoms with Crippen LogP contribution in [0.2, 0.25) is 5.02 Å². The maximum absolute atomic E-state index is 13.5. The van der Waals surface area contributed by atoms with Crippen LogP contribution in [-0.2, 0) is 11.3 Å². The molecule has 3 amide bonds. The zero-order valence-electron chi connectivity index (χ0n) is 16.4. The smallest absolute Gasteiger partial charge is 0.318 e. The third-order valence-electron chi connectivity index (χ3n) is 5.08. The normalized spacial score (nSPS) is 15.2. The maximum atomic E-state index is 13.5. The van der Waals surface area contributed by atoms with Crippen molar-refractivity contribution in [3.63, 3.8) is 0 Å². The zero-order chi connectivity index (χ0) is 21.4.